The number of sulfonamides is 1. The van der Waals surface area contributed by atoms with Crippen LogP contribution in [0.2, 0.25) is 0 Å². The SMILES string of the molecule is CCOc1nc(C)c(NS(=O)(=O)c2ccc3c(c2)CCC(=O)N3)c(C)n1. The zero-order valence-electron chi connectivity index (χ0n) is 14.8. The molecule has 1 aromatic carbocycles. The first-order valence-electron chi connectivity index (χ1n) is 8.24. The van der Waals surface area contributed by atoms with Crippen molar-refractivity contribution in [2.24, 2.45) is 0 Å². The molecule has 0 radical (unpaired) electrons. The molecular formula is C17H20N4O4S. The number of aromatic nitrogens is 2. The van der Waals surface area contributed by atoms with Gasteiger partial charge in [0.15, 0.2) is 0 Å². The molecule has 0 saturated heterocycles. The van der Waals surface area contributed by atoms with Crippen LogP contribution in [0, 0.1) is 13.8 Å². The normalized spacial score (nSPS) is 13.7. The molecule has 0 aliphatic carbocycles. The van der Waals surface area contributed by atoms with Crippen molar-refractivity contribution in [1.29, 1.82) is 0 Å². The molecule has 2 N–H and O–H groups in total. The van der Waals surface area contributed by atoms with Crippen LogP contribution in [0.25, 0.3) is 0 Å². The molecule has 2 heterocycles. The van der Waals surface area contributed by atoms with Gasteiger partial charge in [-0.05, 0) is 51.0 Å². The van der Waals surface area contributed by atoms with Gasteiger partial charge in [-0.2, -0.15) is 9.97 Å². The number of nitrogens with one attached hydrogen (secondary N) is 2. The Balaban J connectivity index is 1.91. The molecule has 0 saturated carbocycles. The van der Waals surface area contributed by atoms with Crippen LogP contribution < -0.4 is 14.8 Å². The second-order valence-electron chi connectivity index (χ2n) is 5.96. The van der Waals surface area contributed by atoms with Crippen molar-refractivity contribution >= 4 is 27.3 Å². The lowest BCUT2D eigenvalue weighted by Crippen LogP contribution is -2.20. The lowest BCUT2D eigenvalue weighted by Gasteiger charge is -2.18. The Morgan fingerprint density at radius 3 is 2.54 bits per heavy atom. The maximum atomic E-state index is 12.8. The second-order valence-corrected chi connectivity index (χ2v) is 7.64. The first kappa shape index (κ1) is 18.1. The van der Waals surface area contributed by atoms with Crippen LogP contribution in [0.5, 0.6) is 6.01 Å². The summed E-state index contributed by atoms with van der Waals surface area (Å²) in [7, 11) is -3.81. The zero-order chi connectivity index (χ0) is 18.9. The fraction of sp³-hybridized carbons (Fsp3) is 0.353. The largest absolute Gasteiger partial charge is 0.464 e. The van der Waals surface area contributed by atoms with Gasteiger partial charge in [0.2, 0.25) is 5.91 Å². The Bertz CT molecular complexity index is 950. The van der Waals surface area contributed by atoms with Crippen molar-refractivity contribution in [3.8, 4) is 6.01 Å². The third kappa shape index (κ3) is 3.62. The van der Waals surface area contributed by atoms with Crippen LogP contribution in [0.4, 0.5) is 11.4 Å². The van der Waals surface area contributed by atoms with Crippen LogP contribution in [0.15, 0.2) is 23.1 Å². The fourth-order valence-corrected chi connectivity index (χ4v) is 3.97. The number of ether oxygens (including phenoxy) is 1. The topological polar surface area (TPSA) is 110 Å². The third-order valence-electron chi connectivity index (χ3n) is 4.04. The van der Waals surface area contributed by atoms with Crippen LogP contribution in [-0.4, -0.2) is 30.9 Å². The van der Waals surface area contributed by atoms with Crippen molar-refractivity contribution in [2.45, 2.75) is 38.5 Å². The number of nitrogens with zero attached hydrogens (tertiary/aromatic N) is 2. The second kappa shape index (κ2) is 6.91. The Labute approximate surface area is 152 Å². The number of hydrogen-bond donors (Lipinski definition) is 2. The highest BCUT2D eigenvalue weighted by Crippen LogP contribution is 2.28. The first-order chi connectivity index (χ1) is 12.3. The highest BCUT2D eigenvalue weighted by molar-refractivity contribution is 7.92. The number of carbonyl (C=O) groups excluding carboxylic acids is 1. The molecule has 0 fully saturated rings. The van der Waals surface area contributed by atoms with E-state index in [0.29, 0.717) is 42.2 Å². The van der Waals surface area contributed by atoms with E-state index in [-0.39, 0.29) is 16.8 Å². The van der Waals surface area contributed by atoms with Gasteiger partial charge in [0, 0.05) is 12.1 Å². The molecule has 0 unspecified atom stereocenters. The average molecular weight is 376 g/mol. The summed E-state index contributed by atoms with van der Waals surface area (Å²) in [4.78, 5) is 19.9. The summed E-state index contributed by atoms with van der Waals surface area (Å²) in [5.74, 6) is -0.0657. The minimum Gasteiger partial charge on any atom is -0.464 e. The van der Waals surface area contributed by atoms with Crippen molar-refractivity contribution < 1.29 is 17.9 Å². The van der Waals surface area contributed by atoms with Gasteiger partial charge in [-0.1, -0.05) is 0 Å². The van der Waals surface area contributed by atoms with Gasteiger partial charge in [0.1, 0.15) is 0 Å². The smallest absolute Gasteiger partial charge is 0.316 e. The molecule has 9 heteroatoms. The van der Waals surface area contributed by atoms with E-state index in [1.54, 1.807) is 26.0 Å². The lowest BCUT2D eigenvalue weighted by atomic mass is 10.0. The summed E-state index contributed by atoms with van der Waals surface area (Å²) in [6.07, 6.45) is 0.851. The number of aryl methyl sites for hydroxylation is 3. The molecule has 26 heavy (non-hydrogen) atoms. The van der Waals surface area contributed by atoms with E-state index in [1.165, 1.54) is 6.07 Å². The van der Waals surface area contributed by atoms with E-state index in [2.05, 4.69) is 20.0 Å². The molecule has 1 amide bonds. The first-order valence-corrected chi connectivity index (χ1v) is 9.72. The number of hydrogen-bond acceptors (Lipinski definition) is 6. The Kier molecular flexibility index (Phi) is 4.82. The zero-order valence-corrected chi connectivity index (χ0v) is 15.6. The van der Waals surface area contributed by atoms with Crippen LogP contribution >= 0.6 is 0 Å². The van der Waals surface area contributed by atoms with Gasteiger partial charge in [0.25, 0.3) is 10.0 Å². The minimum absolute atomic E-state index is 0.0657. The number of anilines is 2. The van der Waals surface area contributed by atoms with Gasteiger partial charge in [-0.25, -0.2) is 8.42 Å². The van der Waals surface area contributed by atoms with Crippen molar-refractivity contribution in [2.75, 3.05) is 16.6 Å². The molecule has 8 nitrogen and oxygen atoms in total. The maximum Gasteiger partial charge on any atom is 0.316 e. The highest BCUT2D eigenvalue weighted by Gasteiger charge is 2.22. The predicted octanol–water partition coefficient (Wildman–Crippen LogP) is 2.18. The van der Waals surface area contributed by atoms with Gasteiger partial charge in [-0.15, -0.1) is 0 Å². The lowest BCUT2D eigenvalue weighted by molar-refractivity contribution is -0.116. The van der Waals surface area contributed by atoms with Crippen LogP contribution in [0.3, 0.4) is 0 Å². The van der Waals surface area contributed by atoms with Gasteiger partial charge in [0.05, 0.1) is 28.6 Å². The van der Waals surface area contributed by atoms with Gasteiger partial charge >= 0.3 is 6.01 Å². The molecule has 0 bridgehead atoms. The number of benzene rings is 1. The predicted molar refractivity (Wildman–Crippen MR) is 96.9 cm³/mol. The van der Waals surface area contributed by atoms with E-state index >= 15 is 0 Å². The average Bonchev–Trinajstić information content (AvgIpc) is 2.58. The van der Waals surface area contributed by atoms with E-state index in [4.69, 9.17) is 4.74 Å². The summed E-state index contributed by atoms with van der Waals surface area (Å²) in [6, 6.07) is 4.87. The Hall–Kier alpha value is -2.68. The summed E-state index contributed by atoms with van der Waals surface area (Å²) >= 11 is 0. The monoisotopic (exact) mass is 376 g/mol. The highest BCUT2D eigenvalue weighted by atomic mass is 32.2. The fourth-order valence-electron chi connectivity index (χ4n) is 2.75. The summed E-state index contributed by atoms with van der Waals surface area (Å²) in [6.45, 7) is 5.63. The molecule has 1 aliphatic rings. The van der Waals surface area contributed by atoms with E-state index < -0.39 is 10.0 Å². The molecule has 2 aromatic rings. The standard InChI is InChI=1S/C17H20N4O4S/c1-4-25-17-18-10(2)16(11(3)19-17)21-26(23,24)13-6-7-14-12(9-13)5-8-15(22)20-14/h6-7,9,21H,4-5,8H2,1-3H3,(H,20,22). The quantitative estimate of drug-likeness (QED) is 0.827. The number of fused-ring (bicyclic) bond motifs is 1. The Morgan fingerprint density at radius 1 is 1.19 bits per heavy atom. The third-order valence-corrected chi connectivity index (χ3v) is 5.39. The number of rotatable bonds is 5. The summed E-state index contributed by atoms with van der Waals surface area (Å²) in [5.41, 5.74) is 2.74. The number of amides is 1. The molecular weight excluding hydrogens is 356 g/mol. The van der Waals surface area contributed by atoms with Crippen LogP contribution in [-0.2, 0) is 21.2 Å². The van der Waals surface area contributed by atoms with E-state index in [9.17, 15) is 13.2 Å². The molecule has 1 aliphatic heterocycles. The summed E-state index contributed by atoms with van der Waals surface area (Å²) in [5, 5.41) is 2.74. The van der Waals surface area contributed by atoms with Crippen molar-refractivity contribution in [1.82, 2.24) is 9.97 Å². The van der Waals surface area contributed by atoms with Crippen LogP contribution in [0.1, 0.15) is 30.3 Å². The van der Waals surface area contributed by atoms with Crippen molar-refractivity contribution in [3.63, 3.8) is 0 Å². The molecule has 138 valence electrons. The Morgan fingerprint density at radius 2 is 1.88 bits per heavy atom. The molecule has 0 atom stereocenters. The van der Waals surface area contributed by atoms with E-state index in [1.807, 2.05) is 6.92 Å². The van der Waals surface area contributed by atoms with Gasteiger partial charge in [-0.3, -0.25) is 9.52 Å². The number of carbonyl (C=O) groups is 1. The summed E-state index contributed by atoms with van der Waals surface area (Å²) < 4.78 is 33.4. The van der Waals surface area contributed by atoms with Gasteiger partial charge < -0.3 is 10.1 Å². The van der Waals surface area contributed by atoms with E-state index in [0.717, 1.165) is 5.56 Å². The molecule has 0 spiro atoms. The van der Waals surface area contributed by atoms with Crippen molar-refractivity contribution in [3.05, 3.63) is 35.2 Å². The maximum absolute atomic E-state index is 12.8. The molecule has 1 aromatic heterocycles. The molecule has 3 rings (SSSR count). The minimum atomic E-state index is -3.81.